The Labute approximate surface area is 214 Å². The van der Waals surface area contributed by atoms with Gasteiger partial charge in [-0.1, -0.05) is 11.8 Å². The van der Waals surface area contributed by atoms with Crippen molar-refractivity contribution in [3.8, 4) is 11.8 Å². The summed E-state index contributed by atoms with van der Waals surface area (Å²) in [5.41, 5.74) is 8.23. The van der Waals surface area contributed by atoms with E-state index in [0.29, 0.717) is 23.2 Å². The van der Waals surface area contributed by atoms with Gasteiger partial charge in [0.1, 0.15) is 5.82 Å². The van der Waals surface area contributed by atoms with Crippen molar-refractivity contribution in [3.05, 3.63) is 107 Å². The Bertz CT molecular complexity index is 1530. The molecule has 37 heavy (non-hydrogen) atoms. The lowest BCUT2D eigenvalue weighted by Gasteiger charge is -2.10. The second-order valence-electron chi connectivity index (χ2n) is 8.41. The second-order valence-corrected chi connectivity index (χ2v) is 10.4. The third kappa shape index (κ3) is 6.94. The summed E-state index contributed by atoms with van der Waals surface area (Å²) >= 11 is 0. The molecule has 2 aromatic heterocycles. The van der Waals surface area contributed by atoms with Gasteiger partial charge in [-0.3, -0.25) is 9.89 Å². The number of hydrogen-bond donors (Lipinski definition) is 3. The quantitative estimate of drug-likeness (QED) is 0.232. The molecule has 0 aliphatic heterocycles. The highest BCUT2D eigenvalue weighted by molar-refractivity contribution is 7.90. The van der Waals surface area contributed by atoms with E-state index in [2.05, 4.69) is 27.4 Å². The molecule has 0 saturated carbocycles. The van der Waals surface area contributed by atoms with Gasteiger partial charge in [0, 0.05) is 41.8 Å². The molecule has 0 fully saturated rings. The zero-order valence-electron chi connectivity index (χ0n) is 19.9. The smallest absolute Gasteiger partial charge is 0.251 e. The molecular weight excluding hydrogens is 493 g/mol. The number of H-pyrrole nitrogens is 1. The zero-order chi connectivity index (χ0) is 26.3. The fraction of sp³-hybridized carbons (Fsp3) is 0.185. The van der Waals surface area contributed by atoms with Crippen LogP contribution < -0.4 is 11.1 Å². The first-order valence-electron chi connectivity index (χ1n) is 11.6. The maximum atomic E-state index is 13.3. The number of aromatic nitrogens is 3. The molecule has 0 radical (unpaired) electrons. The average molecular weight is 520 g/mol. The van der Waals surface area contributed by atoms with Crippen LogP contribution in [0.15, 0.2) is 78.2 Å². The third-order valence-electron chi connectivity index (χ3n) is 5.62. The predicted octanol–water partition coefficient (Wildman–Crippen LogP) is 3.00. The molecule has 2 aromatic carbocycles. The van der Waals surface area contributed by atoms with Crippen LogP contribution in [-0.2, 0) is 28.7 Å². The van der Waals surface area contributed by atoms with E-state index in [-0.39, 0.29) is 28.8 Å². The van der Waals surface area contributed by atoms with E-state index < -0.39 is 15.7 Å². The van der Waals surface area contributed by atoms with Gasteiger partial charge in [-0.25, -0.2) is 12.8 Å². The highest BCUT2D eigenvalue weighted by Gasteiger charge is 2.21. The van der Waals surface area contributed by atoms with Gasteiger partial charge in [-0.2, -0.15) is 5.10 Å². The molecule has 4 rings (SSSR count). The maximum absolute atomic E-state index is 13.3. The first kappa shape index (κ1) is 25.9. The van der Waals surface area contributed by atoms with E-state index >= 15 is 0 Å². The van der Waals surface area contributed by atoms with Crippen molar-refractivity contribution >= 4 is 15.7 Å². The minimum atomic E-state index is -3.80. The molecule has 8 nitrogen and oxygen atoms in total. The fourth-order valence-corrected chi connectivity index (χ4v) is 5.20. The number of carbonyl (C=O) groups excluding carboxylic acids is 1. The molecule has 0 saturated heterocycles. The lowest BCUT2D eigenvalue weighted by molar-refractivity contribution is 0.0953. The van der Waals surface area contributed by atoms with E-state index in [1.54, 1.807) is 35.4 Å². The number of sulfone groups is 1. The number of aromatic amines is 1. The Hall–Kier alpha value is -4.20. The summed E-state index contributed by atoms with van der Waals surface area (Å²) < 4.78 is 41.6. The Morgan fingerprint density at radius 1 is 1.11 bits per heavy atom. The lowest BCUT2D eigenvalue weighted by Crippen LogP contribution is -2.25. The predicted molar refractivity (Wildman–Crippen MR) is 138 cm³/mol. The molecular formula is C27H26FN5O3S. The summed E-state index contributed by atoms with van der Waals surface area (Å²) in [6, 6.07) is 11.6. The van der Waals surface area contributed by atoms with Gasteiger partial charge in [0.25, 0.3) is 5.91 Å². The van der Waals surface area contributed by atoms with E-state index in [9.17, 15) is 17.6 Å². The van der Waals surface area contributed by atoms with Gasteiger partial charge in [0.2, 0.25) is 0 Å². The van der Waals surface area contributed by atoms with Gasteiger partial charge in [-0.05, 0) is 72.5 Å². The number of hydrogen-bond acceptors (Lipinski definition) is 5. The fourth-order valence-electron chi connectivity index (χ4n) is 3.71. The van der Waals surface area contributed by atoms with Crippen LogP contribution in [0.5, 0.6) is 0 Å². The van der Waals surface area contributed by atoms with Crippen molar-refractivity contribution in [2.45, 2.75) is 30.2 Å². The molecule has 1 amide bonds. The number of amides is 1. The van der Waals surface area contributed by atoms with Crippen LogP contribution >= 0.6 is 0 Å². The molecule has 0 spiro atoms. The molecule has 0 bridgehead atoms. The number of nitrogens with zero attached hydrogens (tertiary/aromatic N) is 2. The van der Waals surface area contributed by atoms with Crippen molar-refractivity contribution < 1.29 is 17.6 Å². The maximum Gasteiger partial charge on any atom is 0.251 e. The van der Waals surface area contributed by atoms with Crippen molar-refractivity contribution in [2.24, 2.45) is 5.73 Å². The first-order valence-corrected chi connectivity index (χ1v) is 13.2. The van der Waals surface area contributed by atoms with Gasteiger partial charge < -0.3 is 15.6 Å². The minimum Gasteiger partial charge on any atom is -0.352 e. The molecule has 2 heterocycles. The number of benzene rings is 2. The van der Waals surface area contributed by atoms with E-state index in [1.807, 2.05) is 0 Å². The van der Waals surface area contributed by atoms with Crippen molar-refractivity contribution in [2.75, 3.05) is 6.54 Å². The number of halogens is 1. The monoisotopic (exact) mass is 519 g/mol. The largest absolute Gasteiger partial charge is 0.352 e. The number of rotatable bonds is 9. The minimum absolute atomic E-state index is 0.0131. The summed E-state index contributed by atoms with van der Waals surface area (Å²) in [6.45, 7) is 0.680. The Balaban J connectivity index is 1.58. The normalized spacial score (nSPS) is 11.1. The van der Waals surface area contributed by atoms with Gasteiger partial charge in [0.05, 0.1) is 23.5 Å². The Kier molecular flexibility index (Phi) is 8.18. The third-order valence-corrected chi connectivity index (χ3v) is 7.36. The lowest BCUT2D eigenvalue weighted by atomic mass is 10.1. The number of nitrogens with one attached hydrogen (secondary N) is 2. The van der Waals surface area contributed by atoms with Crippen molar-refractivity contribution in [1.82, 2.24) is 20.1 Å². The van der Waals surface area contributed by atoms with Crippen LogP contribution in [0.4, 0.5) is 4.39 Å². The summed E-state index contributed by atoms with van der Waals surface area (Å²) in [6.07, 6.45) is 8.40. The van der Waals surface area contributed by atoms with Gasteiger partial charge in [-0.15, -0.1) is 0 Å². The van der Waals surface area contributed by atoms with Crippen LogP contribution in [0.25, 0.3) is 0 Å². The second kappa shape index (κ2) is 11.7. The highest BCUT2D eigenvalue weighted by atomic mass is 32.2. The summed E-state index contributed by atoms with van der Waals surface area (Å²) in [5.74, 6) is 4.76. The molecule has 10 heteroatoms. The topological polar surface area (TPSA) is 123 Å². The Morgan fingerprint density at radius 3 is 2.62 bits per heavy atom. The van der Waals surface area contributed by atoms with Crippen LogP contribution in [0.3, 0.4) is 0 Å². The van der Waals surface area contributed by atoms with E-state index in [1.165, 1.54) is 42.5 Å². The first-order chi connectivity index (χ1) is 17.8. The molecule has 0 atom stereocenters. The summed E-state index contributed by atoms with van der Waals surface area (Å²) in [5, 5.41) is 9.50. The van der Waals surface area contributed by atoms with Gasteiger partial charge in [0.15, 0.2) is 9.84 Å². The van der Waals surface area contributed by atoms with Crippen LogP contribution in [0.2, 0.25) is 0 Å². The van der Waals surface area contributed by atoms with E-state index in [4.69, 9.17) is 5.73 Å². The van der Waals surface area contributed by atoms with Crippen LogP contribution in [0.1, 0.15) is 39.0 Å². The molecule has 0 aliphatic rings. The Morgan fingerprint density at radius 2 is 1.92 bits per heavy atom. The highest BCUT2D eigenvalue weighted by Crippen LogP contribution is 2.22. The van der Waals surface area contributed by atoms with Gasteiger partial charge >= 0.3 is 0 Å². The zero-order valence-corrected chi connectivity index (χ0v) is 20.8. The number of aryl methyl sites for hydroxylation is 1. The van der Waals surface area contributed by atoms with Crippen LogP contribution in [0, 0.1) is 17.7 Å². The van der Waals surface area contributed by atoms with Crippen molar-refractivity contribution in [1.29, 1.82) is 0 Å². The summed E-state index contributed by atoms with van der Waals surface area (Å²) in [7, 11) is -3.80. The SMILES string of the molecule is NCn1ccc(CS(=O)(=O)c2ccc(C(=O)NCCCc3cn[nH]c3)cc2C#Cc2ccc(F)cc2)c1. The van der Waals surface area contributed by atoms with E-state index in [0.717, 1.165) is 18.4 Å². The molecule has 0 unspecified atom stereocenters. The average Bonchev–Trinajstić information content (AvgIpc) is 3.58. The molecule has 0 aliphatic carbocycles. The molecule has 190 valence electrons. The standard InChI is InChI=1S/C27H26FN5O3S/c28-25-8-4-20(5-9-25)3-6-23-14-24(27(34)30-12-1-2-21-15-31-32-16-21)7-10-26(23)37(35,36)18-22-11-13-33(17-22)19-29/h4-5,7-11,13-17H,1-2,12,18-19,29H2,(H,30,34)(H,31,32). The molecule has 4 aromatic rings. The molecule has 4 N–H and O–H groups in total. The summed E-state index contributed by atoms with van der Waals surface area (Å²) in [4.78, 5) is 12.8. The number of carbonyl (C=O) groups is 1. The number of nitrogens with two attached hydrogens (primary N) is 1. The van der Waals surface area contributed by atoms with Crippen molar-refractivity contribution in [3.63, 3.8) is 0 Å². The van der Waals surface area contributed by atoms with Crippen LogP contribution in [-0.4, -0.2) is 35.6 Å².